The maximum Gasteiger partial charge on any atom is 0.262 e. The molecular formula is C14H9N3O3. The predicted molar refractivity (Wildman–Crippen MR) is 70.2 cm³/mol. The van der Waals surface area contributed by atoms with Gasteiger partial charge in [0.2, 0.25) is 0 Å². The molecule has 2 aromatic rings. The smallest absolute Gasteiger partial charge is 0.262 e. The van der Waals surface area contributed by atoms with Crippen molar-refractivity contribution in [2.45, 2.75) is 0 Å². The Labute approximate surface area is 114 Å². The van der Waals surface area contributed by atoms with Crippen LogP contribution in [0.1, 0.15) is 5.56 Å². The molecule has 0 spiro atoms. The van der Waals surface area contributed by atoms with Crippen LogP contribution in [0.2, 0.25) is 0 Å². The Morgan fingerprint density at radius 2 is 2.25 bits per heavy atom. The fourth-order valence-electron chi connectivity index (χ4n) is 1.94. The topological polar surface area (TPSA) is 95.2 Å². The molecule has 1 aromatic carbocycles. The van der Waals surface area contributed by atoms with Crippen LogP contribution in [-0.2, 0) is 4.79 Å². The molecule has 2 N–H and O–H groups in total. The van der Waals surface area contributed by atoms with Gasteiger partial charge in [0.05, 0.1) is 23.1 Å². The Hall–Kier alpha value is -3.07. The number of hydrogen-bond acceptors (Lipinski definition) is 5. The van der Waals surface area contributed by atoms with E-state index in [1.165, 1.54) is 12.3 Å². The summed E-state index contributed by atoms with van der Waals surface area (Å²) in [7, 11) is 0. The van der Waals surface area contributed by atoms with E-state index in [0.717, 1.165) is 0 Å². The van der Waals surface area contributed by atoms with E-state index in [4.69, 9.17) is 10.00 Å². The molecule has 0 fully saturated rings. The summed E-state index contributed by atoms with van der Waals surface area (Å²) in [6.07, 6.45) is 1.22. The van der Waals surface area contributed by atoms with Crippen LogP contribution < -0.4 is 10.1 Å². The van der Waals surface area contributed by atoms with Crippen LogP contribution in [0, 0.1) is 11.3 Å². The Morgan fingerprint density at radius 3 is 3.05 bits per heavy atom. The first kappa shape index (κ1) is 12.0. The number of aromatic hydroxyl groups is 1. The summed E-state index contributed by atoms with van der Waals surface area (Å²) >= 11 is 0. The van der Waals surface area contributed by atoms with E-state index in [1.807, 2.05) is 6.07 Å². The number of hydrogen-bond donors (Lipinski definition) is 2. The van der Waals surface area contributed by atoms with Gasteiger partial charge < -0.3 is 15.2 Å². The highest BCUT2D eigenvalue weighted by Crippen LogP contribution is 2.32. The first-order valence-electron chi connectivity index (χ1n) is 5.83. The number of carbonyl (C=O) groups is 1. The summed E-state index contributed by atoms with van der Waals surface area (Å²) in [5.41, 5.74) is 1.95. The summed E-state index contributed by atoms with van der Waals surface area (Å²) < 4.78 is 5.27. The van der Waals surface area contributed by atoms with Crippen molar-refractivity contribution in [3.63, 3.8) is 0 Å². The third kappa shape index (κ3) is 2.01. The van der Waals surface area contributed by atoms with Crippen molar-refractivity contribution in [2.75, 3.05) is 11.9 Å². The van der Waals surface area contributed by atoms with Crippen molar-refractivity contribution in [3.8, 4) is 28.8 Å². The van der Waals surface area contributed by atoms with Crippen molar-refractivity contribution in [1.29, 1.82) is 5.26 Å². The lowest BCUT2D eigenvalue weighted by molar-refractivity contribution is -0.118. The molecule has 0 unspecified atom stereocenters. The van der Waals surface area contributed by atoms with Crippen LogP contribution in [0.25, 0.3) is 11.3 Å². The van der Waals surface area contributed by atoms with Crippen molar-refractivity contribution >= 4 is 11.6 Å². The average Bonchev–Trinajstić information content (AvgIpc) is 2.47. The second-order valence-electron chi connectivity index (χ2n) is 4.25. The second kappa shape index (κ2) is 4.55. The summed E-state index contributed by atoms with van der Waals surface area (Å²) in [4.78, 5) is 15.4. The molecule has 1 amide bonds. The second-order valence-corrected chi connectivity index (χ2v) is 4.25. The normalized spacial score (nSPS) is 12.8. The summed E-state index contributed by atoms with van der Waals surface area (Å²) in [6.45, 7) is 0.00237. The van der Waals surface area contributed by atoms with Crippen LogP contribution in [0.3, 0.4) is 0 Å². The number of fused-ring (bicyclic) bond motifs is 1. The zero-order valence-electron chi connectivity index (χ0n) is 10.3. The number of nitrogens with zero attached hydrogens (tertiary/aromatic N) is 2. The molecule has 20 heavy (non-hydrogen) atoms. The van der Waals surface area contributed by atoms with Crippen molar-refractivity contribution in [1.82, 2.24) is 4.98 Å². The molecule has 0 aliphatic carbocycles. The molecule has 6 heteroatoms. The summed E-state index contributed by atoms with van der Waals surface area (Å²) in [6, 6.07) is 8.60. The molecule has 6 nitrogen and oxygen atoms in total. The van der Waals surface area contributed by atoms with Gasteiger partial charge in [0, 0.05) is 5.56 Å². The molecule has 0 saturated heterocycles. The van der Waals surface area contributed by atoms with E-state index < -0.39 is 0 Å². The number of ether oxygens (including phenoxy) is 1. The summed E-state index contributed by atoms with van der Waals surface area (Å²) in [5.74, 6) is 0.213. The van der Waals surface area contributed by atoms with Gasteiger partial charge in [-0.3, -0.25) is 9.78 Å². The average molecular weight is 267 g/mol. The highest BCUT2D eigenvalue weighted by Gasteiger charge is 2.16. The van der Waals surface area contributed by atoms with Gasteiger partial charge in [-0.2, -0.15) is 5.26 Å². The third-order valence-electron chi connectivity index (χ3n) is 2.91. The minimum Gasteiger partial charge on any atom is -0.505 e. The number of nitrogens with one attached hydrogen (secondary N) is 1. The van der Waals surface area contributed by atoms with Gasteiger partial charge >= 0.3 is 0 Å². The number of pyridine rings is 1. The lowest BCUT2D eigenvalue weighted by Crippen LogP contribution is -2.25. The van der Waals surface area contributed by atoms with Gasteiger partial charge in [0.15, 0.2) is 12.4 Å². The van der Waals surface area contributed by atoms with Gasteiger partial charge in [-0.25, -0.2) is 0 Å². The standard InChI is InChI=1S/C14H9N3O3/c15-5-9-4-10(16-6-12(9)18)8-1-2-13-11(3-8)17-14(19)7-20-13/h1-4,6,18H,7H2,(H,17,19). The molecule has 1 aliphatic heterocycles. The fraction of sp³-hybridized carbons (Fsp3) is 0.0714. The van der Waals surface area contributed by atoms with Crippen molar-refractivity contribution in [2.24, 2.45) is 0 Å². The number of anilines is 1. The van der Waals surface area contributed by atoms with E-state index in [1.54, 1.807) is 18.2 Å². The largest absolute Gasteiger partial charge is 0.505 e. The Bertz CT molecular complexity index is 750. The maximum absolute atomic E-state index is 11.3. The van der Waals surface area contributed by atoms with E-state index in [2.05, 4.69) is 10.3 Å². The number of carbonyl (C=O) groups excluding carboxylic acids is 1. The zero-order valence-corrected chi connectivity index (χ0v) is 10.3. The molecule has 98 valence electrons. The van der Waals surface area contributed by atoms with Crippen LogP contribution >= 0.6 is 0 Å². The molecule has 0 saturated carbocycles. The zero-order chi connectivity index (χ0) is 14.1. The Kier molecular flexibility index (Phi) is 2.73. The van der Waals surface area contributed by atoms with Crippen molar-refractivity contribution in [3.05, 3.63) is 36.0 Å². The number of nitriles is 1. The number of amides is 1. The molecule has 2 heterocycles. The molecule has 1 aromatic heterocycles. The molecular weight excluding hydrogens is 258 g/mol. The van der Waals surface area contributed by atoms with Crippen LogP contribution in [0.15, 0.2) is 30.5 Å². The highest BCUT2D eigenvalue weighted by molar-refractivity contribution is 5.96. The molecule has 1 aliphatic rings. The van der Waals surface area contributed by atoms with Gasteiger partial charge in [-0.1, -0.05) is 0 Å². The quantitative estimate of drug-likeness (QED) is 0.819. The fourth-order valence-corrected chi connectivity index (χ4v) is 1.94. The monoisotopic (exact) mass is 267 g/mol. The summed E-state index contributed by atoms with van der Waals surface area (Å²) in [5, 5.41) is 21.1. The van der Waals surface area contributed by atoms with Crippen LogP contribution in [-0.4, -0.2) is 22.6 Å². The molecule has 0 bridgehead atoms. The van der Waals surface area contributed by atoms with E-state index >= 15 is 0 Å². The third-order valence-corrected chi connectivity index (χ3v) is 2.91. The minimum absolute atomic E-state index is 0.00237. The predicted octanol–water partition coefficient (Wildman–Crippen LogP) is 1.66. The Balaban J connectivity index is 2.05. The van der Waals surface area contributed by atoms with Gasteiger partial charge in [-0.05, 0) is 24.3 Å². The highest BCUT2D eigenvalue weighted by atomic mass is 16.5. The van der Waals surface area contributed by atoms with Gasteiger partial charge in [0.25, 0.3) is 5.91 Å². The SMILES string of the molecule is N#Cc1cc(-c2ccc3c(c2)NC(=O)CO3)ncc1O. The molecule has 0 radical (unpaired) electrons. The van der Waals surface area contributed by atoms with Crippen LogP contribution in [0.4, 0.5) is 5.69 Å². The van der Waals surface area contributed by atoms with Gasteiger partial charge in [-0.15, -0.1) is 0 Å². The van der Waals surface area contributed by atoms with E-state index in [9.17, 15) is 9.90 Å². The molecule has 3 rings (SSSR count). The lowest BCUT2D eigenvalue weighted by Gasteiger charge is -2.18. The first-order valence-corrected chi connectivity index (χ1v) is 5.83. The van der Waals surface area contributed by atoms with Crippen molar-refractivity contribution < 1.29 is 14.6 Å². The van der Waals surface area contributed by atoms with E-state index in [-0.39, 0.29) is 23.8 Å². The number of benzene rings is 1. The van der Waals surface area contributed by atoms with E-state index in [0.29, 0.717) is 22.7 Å². The number of aromatic nitrogens is 1. The first-order chi connectivity index (χ1) is 9.67. The van der Waals surface area contributed by atoms with Gasteiger partial charge in [0.1, 0.15) is 11.8 Å². The molecule has 0 atom stereocenters. The minimum atomic E-state index is -0.217. The Morgan fingerprint density at radius 1 is 1.40 bits per heavy atom. The lowest BCUT2D eigenvalue weighted by atomic mass is 10.1. The number of rotatable bonds is 1. The maximum atomic E-state index is 11.3. The van der Waals surface area contributed by atoms with Crippen LogP contribution in [0.5, 0.6) is 11.5 Å².